The maximum absolute atomic E-state index is 3.80. The Balaban J connectivity index is 1.97. The van der Waals surface area contributed by atoms with Crippen molar-refractivity contribution in [2.45, 2.75) is 51.2 Å². The van der Waals surface area contributed by atoms with Crippen molar-refractivity contribution in [3.05, 3.63) is 0 Å². The number of nitrogens with zero attached hydrogens (tertiary/aromatic N) is 1. The highest BCUT2D eigenvalue weighted by molar-refractivity contribution is 7.99. The molecule has 3 heteroatoms. The van der Waals surface area contributed by atoms with E-state index in [0.29, 0.717) is 6.04 Å². The minimum atomic E-state index is 0.260. The van der Waals surface area contributed by atoms with Crippen LogP contribution >= 0.6 is 11.8 Å². The first-order chi connectivity index (χ1) is 7.06. The fraction of sp³-hybridized carbons (Fsp3) is 1.00. The summed E-state index contributed by atoms with van der Waals surface area (Å²) in [7, 11) is 0. The molecule has 2 nitrogen and oxygen atoms in total. The Morgan fingerprint density at radius 2 is 2.07 bits per heavy atom. The number of rotatable bonds is 1. The highest BCUT2D eigenvalue weighted by Crippen LogP contribution is 2.26. The fourth-order valence-electron chi connectivity index (χ4n) is 2.74. The number of fused-ring (bicyclic) bond motifs is 1. The molecule has 2 rings (SSSR count). The van der Waals surface area contributed by atoms with Gasteiger partial charge >= 0.3 is 0 Å². The van der Waals surface area contributed by atoms with Crippen molar-refractivity contribution in [2.24, 2.45) is 0 Å². The Morgan fingerprint density at radius 3 is 2.80 bits per heavy atom. The molecule has 0 bridgehead atoms. The van der Waals surface area contributed by atoms with E-state index < -0.39 is 0 Å². The summed E-state index contributed by atoms with van der Waals surface area (Å²) < 4.78 is 0. The maximum Gasteiger partial charge on any atom is 0.0340 e. The minimum Gasteiger partial charge on any atom is -0.308 e. The molecule has 2 fully saturated rings. The smallest absolute Gasteiger partial charge is 0.0340 e. The van der Waals surface area contributed by atoms with Gasteiger partial charge in [-0.05, 0) is 40.2 Å². The summed E-state index contributed by atoms with van der Waals surface area (Å²) in [6.07, 6.45) is 2.73. The molecule has 2 atom stereocenters. The van der Waals surface area contributed by atoms with Gasteiger partial charge in [-0.2, -0.15) is 11.8 Å². The molecule has 0 amide bonds. The van der Waals surface area contributed by atoms with E-state index in [9.17, 15) is 0 Å². The van der Waals surface area contributed by atoms with Crippen molar-refractivity contribution in [3.8, 4) is 0 Å². The summed E-state index contributed by atoms with van der Waals surface area (Å²) in [6, 6.07) is 1.50. The number of nitrogens with one attached hydrogen (secondary N) is 1. The van der Waals surface area contributed by atoms with Crippen molar-refractivity contribution >= 4 is 11.8 Å². The van der Waals surface area contributed by atoms with E-state index in [4.69, 9.17) is 0 Å². The monoisotopic (exact) mass is 228 g/mol. The van der Waals surface area contributed by atoms with Crippen LogP contribution in [0.15, 0.2) is 0 Å². The largest absolute Gasteiger partial charge is 0.308 e. The summed E-state index contributed by atoms with van der Waals surface area (Å²) in [5.74, 6) is 2.66. The van der Waals surface area contributed by atoms with Gasteiger partial charge in [0.1, 0.15) is 0 Å². The van der Waals surface area contributed by atoms with Crippen LogP contribution in [0.3, 0.4) is 0 Å². The molecule has 15 heavy (non-hydrogen) atoms. The third-order valence-corrected chi connectivity index (χ3v) is 4.37. The van der Waals surface area contributed by atoms with Crippen LogP contribution in [0.4, 0.5) is 0 Å². The quantitative estimate of drug-likeness (QED) is 0.738. The van der Waals surface area contributed by atoms with Crippen LogP contribution in [0.2, 0.25) is 0 Å². The van der Waals surface area contributed by atoms with Crippen LogP contribution < -0.4 is 5.32 Å². The van der Waals surface area contributed by atoms with E-state index in [1.165, 1.54) is 37.4 Å². The SMILES string of the molecule is CC(C)(C)NC1CCCN2CCSCC12. The molecule has 2 saturated heterocycles. The van der Waals surface area contributed by atoms with Crippen LogP contribution in [0.1, 0.15) is 33.6 Å². The van der Waals surface area contributed by atoms with Crippen molar-refractivity contribution < 1.29 is 0 Å². The van der Waals surface area contributed by atoms with E-state index in [2.05, 4.69) is 42.7 Å². The standard InChI is InChI=1S/C12H24N2S/c1-12(2,3)13-10-5-4-6-14-7-8-15-9-11(10)14/h10-11,13H,4-9H2,1-3H3. The summed E-state index contributed by atoms with van der Waals surface area (Å²) >= 11 is 2.13. The predicted octanol–water partition coefficient (Wildman–Crippen LogP) is 1.95. The molecule has 2 heterocycles. The molecule has 0 saturated carbocycles. The van der Waals surface area contributed by atoms with Crippen molar-refractivity contribution in [1.82, 2.24) is 10.2 Å². The molecule has 0 aliphatic carbocycles. The topological polar surface area (TPSA) is 15.3 Å². The molecular formula is C12H24N2S. The van der Waals surface area contributed by atoms with Crippen molar-refractivity contribution in [3.63, 3.8) is 0 Å². The van der Waals surface area contributed by atoms with Gasteiger partial charge in [0.15, 0.2) is 0 Å². The first-order valence-corrected chi connectivity index (χ1v) is 7.31. The summed E-state index contributed by atoms with van der Waals surface area (Å²) in [6.45, 7) is 9.47. The summed E-state index contributed by atoms with van der Waals surface area (Å²) in [5.41, 5.74) is 0.260. The van der Waals surface area contributed by atoms with Crippen LogP contribution in [-0.4, -0.2) is 47.1 Å². The maximum atomic E-state index is 3.80. The normalized spacial score (nSPS) is 33.8. The third-order valence-electron chi connectivity index (χ3n) is 3.32. The Kier molecular flexibility index (Phi) is 3.63. The van der Waals surface area contributed by atoms with Gasteiger partial charge in [-0.3, -0.25) is 4.90 Å². The van der Waals surface area contributed by atoms with Crippen LogP contribution in [-0.2, 0) is 0 Å². The second kappa shape index (κ2) is 4.64. The van der Waals surface area contributed by atoms with Gasteiger partial charge in [0.2, 0.25) is 0 Å². The van der Waals surface area contributed by atoms with Gasteiger partial charge in [0, 0.05) is 35.7 Å². The van der Waals surface area contributed by atoms with E-state index in [0.717, 1.165) is 6.04 Å². The zero-order chi connectivity index (χ0) is 10.9. The molecule has 1 N–H and O–H groups in total. The molecule has 0 aromatic rings. The second-order valence-electron chi connectivity index (χ2n) is 5.82. The lowest BCUT2D eigenvalue weighted by molar-refractivity contribution is 0.115. The average Bonchev–Trinajstić information content (AvgIpc) is 2.16. The fourth-order valence-corrected chi connectivity index (χ4v) is 3.95. The van der Waals surface area contributed by atoms with Gasteiger partial charge in [-0.25, -0.2) is 0 Å². The molecule has 88 valence electrons. The van der Waals surface area contributed by atoms with Gasteiger partial charge < -0.3 is 5.32 Å². The molecule has 2 unspecified atom stereocenters. The van der Waals surface area contributed by atoms with E-state index in [1.54, 1.807) is 0 Å². The molecule has 0 aromatic carbocycles. The summed E-state index contributed by atoms with van der Waals surface area (Å²) in [4.78, 5) is 2.70. The van der Waals surface area contributed by atoms with Crippen LogP contribution in [0.5, 0.6) is 0 Å². The Labute approximate surface area is 98.2 Å². The Bertz CT molecular complexity index is 210. The first-order valence-electron chi connectivity index (χ1n) is 6.16. The Hall–Kier alpha value is 0.270. The number of hydrogen-bond donors (Lipinski definition) is 1. The van der Waals surface area contributed by atoms with E-state index in [1.807, 2.05) is 0 Å². The highest BCUT2D eigenvalue weighted by Gasteiger charge is 2.34. The lowest BCUT2D eigenvalue weighted by Gasteiger charge is -2.46. The average molecular weight is 228 g/mol. The van der Waals surface area contributed by atoms with Gasteiger partial charge in [-0.1, -0.05) is 0 Å². The van der Waals surface area contributed by atoms with Crippen LogP contribution in [0.25, 0.3) is 0 Å². The van der Waals surface area contributed by atoms with Crippen LogP contribution in [0, 0.1) is 0 Å². The van der Waals surface area contributed by atoms with Gasteiger partial charge in [-0.15, -0.1) is 0 Å². The lowest BCUT2D eigenvalue weighted by Crippen LogP contribution is -2.60. The zero-order valence-corrected chi connectivity index (χ0v) is 11.1. The second-order valence-corrected chi connectivity index (χ2v) is 6.97. The zero-order valence-electron chi connectivity index (χ0n) is 10.3. The molecular weight excluding hydrogens is 204 g/mol. The highest BCUT2D eigenvalue weighted by atomic mass is 32.2. The predicted molar refractivity (Wildman–Crippen MR) is 68.6 cm³/mol. The van der Waals surface area contributed by atoms with E-state index >= 15 is 0 Å². The number of piperidine rings is 1. The van der Waals surface area contributed by atoms with Crippen molar-refractivity contribution in [1.29, 1.82) is 0 Å². The van der Waals surface area contributed by atoms with Crippen molar-refractivity contribution in [2.75, 3.05) is 24.6 Å². The molecule has 0 aromatic heterocycles. The molecule has 2 aliphatic rings. The molecule has 2 aliphatic heterocycles. The minimum absolute atomic E-state index is 0.260. The molecule has 0 radical (unpaired) electrons. The van der Waals surface area contributed by atoms with Gasteiger partial charge in [0.25, 0.3) is 0 Å². The number of thioether (sulfide) groups is 1. The molecule has 0 spiro atoms. The summed E-state index contributed by atoms with van der Waals surface area (Å²) in [5, 5.41) is 3.80. The van der Waals surface area contributed by atoms with E-state index in [-0.39, 0.29) is 5.54 Å². The first kappa shape index (κ1) is 11.7. The van der Waals surface area contributed by atoms with Gasteiger partial charge in [0.05, 0.1) is 0 Å². The lowest BCUT2D eigenvalue weighted by atomic mass is 9.94. The number of hydrogen-bond acceptors (Lipinski definition) is 3. The Morgan fingerprint density at radius 1 is 1.27 bits per heavy atom. The third kappa shape index (κ3) is 3.11.